The number of benzene rings is 1. The minimum atomic E-state index is 0.272. The molecule has 38 heavy (non-hydrogen) atoms. The van der Waals surface area contributed by atoms with Crippen molar-refractivity contribution in [2.45, 2.75) is 83.3 Å². The highest BCUT2D eigenvalue weighted by molar-refractivity contribution is 6.32. The first kappa shape index (κ1) is 27.5. The molecular formula is C30H44ClN5O2. The van der Waals surface area contributed by atoms with Gasteiger partial charge in [0.25, 0.3) is 0 Å². The molecule has 1 aromatic carbocycles. The molecule has 0 radical (unpaired) electrons. The molecule has 2 aliphatic heterocycles. The largest absolute Gasteiger partial charge is 0.488 e. The molecule has 2 N–H and O–H groups in total. The summed E-state index contributed by atoms with van der Waals surface area (Å²) in [6, 6.07) is 6.91. The molecule has 2 saturated heterocycles. The summed E-state index contributed by atoms with van der Waals surface area (Å²) in [6.45, 7) is 8.42. The maximum Gasteiger partial charge on any atom is 0.229 e. The van der Waals surface area contributed by atoms with Crippen molar-refractivity contribution in [2.75, 3.05) is 44.0 Å². The van der Waals surface area contributed by atoms with Crippen LogP contribution >= 0.6 is 11.6 Å². The standard InChI is InChI=1S/C30H44ClN5O2/c1-20(2)28(22-12-16-37-17-13-22)34-29-25(31)19-32-30(35-29)33-26-9-8-23(21-10-14-36(3)15-11-21)18-27(26)38-24-6-4-5-7-24/h8-9,18-22,24,28H,4-7,10-17H2,1-3H3,(H2,32,33,34,35). The van der Waals surface area contributed by atoms with Crippen LogP contribution in [0.5, 0.6) is 5.75 Å². The number of anilines is 3. The lowest BCUT2D eigenvalue weighted by atomic mass is 9.85. The van der Waals surface area contributed by atoms with Crippen LogP contribution in [0.25, 0.3) is 0 Å². The van der Waals surface area contributed by atoms with Crippen LogP contribution in [-0.4, -0.2) is 60.4 Å². The molecule has 1 atom stereocenters. The van der Waals surface area contributed by atoms with Gasteiger partial charge in [0.1, 0.15) is 10.8 Å². The fourth-order valence-corrected chi connectivity index (χ4v) is 6.38. The van der Waals surface area contributed by atoms with E-state index in [-0.39, 0.29) is 12.1 Å². The molecule has 3 aliphatic rings. The van der Waals surface area contributed by atoms with Gasteiger partial charge in [0.05, 0.1) is 18.0 Å². The lowest BCUT2D eigenvalue weighted by molar-refractivity contribution is 0.0558. The van der Waals surface area contributed by atoms with Gasteiger partial charge in [0.15, 0.2) is 5.82 Å². The van der Waals surface area contributed by atoms with Gasteiger partial charge in [-0.1, -0.05) is 31.5 Å². The zero-order valence-electron chi connectivity index (χ0n) is 23.2. The Hall–Kier alpha value is -2.09. The van der Waals surface area contributed by atoms with E-state index in [9.17, 15) is 0 Å². The minimum Gasteiger partial charge on any atom is -0.488 e. The van der Waals surface area contributed by atoms with E-state index in [1.807, 2.05) is 0 Å². The molecule has 5 rings (SSSR count). The number of aromatic nitrogens is 2. The van der Waals surface area contributed by atoms with Crippen molar-refractivity contribution < 1.29 is 9.47 Å². The molecule has 3 fully saturated rings. The van der Waals surface area contributed by atoms with Gasteiger partial charge >= 0.3 is 0 Å². The Morgan fingerprint density at radius 2 is 1.79 bits per heavy atom. The summed E-state index contributed by atoms with van der Waals surface area (Å²) < 4.78 is 12.2. The number of rotatable bonds is 9. The van der Waals surface area contributed by atoms with E-state index in [0.717, 1.165) is 63.4 Å². The van der Waals surface area contributed by atoms with E-state index in [2.05, 4.69) is 59.6 Å². The third-order valence-electron chi connectivity index (χ3n) is 8.58. The van der Waals surface area contributed by atoms with Crippen LogP contribution in [0, 0.1) is 11.8 Å². The molecule has 1 aliphatic carbocycles. The highest BCUT2D eigenvalue weighted by Crippen LogP contribution is 2.37. The van der Waals surface area contributed by atoms with E-state index in [1.54, 1.807) is 6.20 Å². The molecule has 0 bridgehead atoms. The van der Waals surface area contributed by atoms with Gasteiger partial charge in [-0.05, 0) is 107 Å². The van der Waals surface area contributed by atoms with Crippen LogP contribution in [-0.2, 0) is 4.74 Å². The number of hydrogen-bond acceptors (Lipinski definition) is 7. The summed E-state index contributed by atoms with van der Waals surface area (Å²) in [5, 5.41) is 7.65. The summed E-state index contributed by atoms with van der Waals surface area (Å²) in [5.41, 5.74) is 2.28. The van der Waals surface area contributed by atoms with Crippen LogP contribution in [0.2, 0.25) is 5.02 Å². The molecule has 208 valence electrons. The lowest BCUT2D eigenvalue weighted by Gasteiger charge is -2.34. The molecule has 1 saturated carbocycles. The van der Waals surface area contributed by atoms with Gasteiger partial charge in [-0.2, -0.15) is 4.98 Å². The monoisotopic (exact) mass is 541 g/mol. The van der Waals surface area contributed by atoms with Crippen molar-refractivity contribution in [2.24, 2.45) is 11.8 Å². The fraction of sp³-hybridized carbons (Fsp3) is 0.667. The Kier molecular flexibility index (Phi) is 9.29. The topological polar surface area (TPSA) is 71.5 Å². The van der Waals surface area contributed by atoms with Crippen LogP contribution in [0.15, 0.2) is 24.4 Å². The van der Waals surface area contributed by atoms with Gasteiger partial charge in [-0.3, -0.25) is 0 Å². The number of likely N-dealkylation sites (tertiary alicyclic amines) is 1. The zero-order chi connectivity index (χ0) is 26.5. The van der Waals surface area contributed by atoms with E-state index in [1.165, 1.54) is 31.2 Å². The van der Waals surface area contributed by atoms with Crippen molar-refractivity contribution in [1.29, 1.82) is 0 Å². The number of ether oxygens (including phenoxy) is 2. The predicted molar refractivity (Wildman–Crippen MR) is 155 cm³/mol. The van der Waals surface area contributed by atoms with Gasteiger partial charge in [0, 0.05) is 19.3 Å². The van der Waals surface area contributed by atoms with Crippen LogP contribution in [0.1, 0.15) is 76.7 Å². The third-order valence-corrected chi connectivity index (χ3v) is 8.85. The van der Waals surface area contributed by atoms with Crippen molar-refractivity contribution in [3.05, 3.63) is 35.0 Å². The van der Waals surface area contributed by atoms with E-state index < -0.39 is 0 Å². The normalized spacial score (nSPS) is 21.1. The van der Waals surface area contributed by atoms with E-state index in [0.29, 0.717) is 34.5 Å². The Balaban J connectivity index is 1.36. The second kappa shape index (κ2) is 12.8. The quantitative estimate of drug-likeness (QED) is 0.359. The van der Waals surface area contributed by atoms with Crippen LogP contribution < -0.4 is 15.4 Å². The summed E-state index contributed by atoms with van der Waals surface area (Å²) in [6.07, 6.45) is 11.1. The Labute approximate surface area is 233 Å². The van der Waals surface area contributed by atoms with Crippen molar-refractivity contribution in [3.63, 3.8) is 0 Å². The maximum absolute atomic E-state index is 6.58. The van der Waals surface area contributed by atoms with Crippen molar-refractivity contribution in [1.82, 2.24) is 14.9 Å². The molecule has 0 amide bonds. The molecule has 3 heterocycles. The molecule has 1 aromatic heterocycles. The maximum atomic E-state index is 6.58. The minimum absolute atomic E-state index is 0.272. The van der Waals surface area contributed by atoms with Gasteiger partial charge in [0.2, 0.25) is 5.95 Å². The third kappa shape index (κ3) is 6.91. The van der Waals surface area contributed by atoms with Crippen LogP contribution in [0.4, 0.5) is 17.5 Å². The Morgan fingerprint density at radius 3 is 2.50 bits per heavy atom. The zero-order valence-corrected chi connectivity index (χ0v) is 24.0. The molecule has 8 heteroatoms. The number of hydrogen-bond donors (Lipinski definition) is 2. The first-order valence-electron chi connectivity index (χ1n) is 14.6. The van der Waals surface area contributed by atoms with E-state index in [4.69, 9.17) is 26.1 Å². The fourth-order valence-electron chi connectivity index (χ4n) is 6.23. The van der Waals surface area contributed by atoms with Gasteiger partial charge in [-0.25, -0.2) is 4.98 Å². The molecule has 7 nitrogen and oxygen atoms in total. The first-order valence-corrected chi connectivity index (χ1v) is 15.0. The average molecular weight is 542 g/mol. The SMILES string of the molecule is CC(C)C(Nc1nc(Nc2ccc(C3CCN(C)CC3)cc2OC2CCCC2)ncc1Cl)C1CCOCC1. The number of halogens is 1. The Morgan fingerprint density at radius 1 is 1.05 bits per heavy atom. The second-order valence-corrected chi connectivity index (χ2v) is 12.1. The average Bonchev–Trinajstić information content (AvgIpc) is 3.44. The van der Waals surface area contributed by atoms with Gasteiger partial charge in [-0.15, -0.1) is 0 Å². The number of nitrogens with one attached hydrogen (secondary N) is 2. The summed E-state index contributed by atoms with van der Waals surface area (Å²) >= 11 is 6.58. The number of piperidine rings is 1. The molecular weight excluding hydrogens is 498 g/mol. The van der Waals surface area contributed by atoms with Gasteiger partial charge < -0.3 is 25.0 Å². The highest BCUT2D eigenvalue weighted by atomic mass is 35.5. The van der Waals surface area contributed by atoms with Crippen molar-refractivity contribution >= 4 is 29.1 Å². The van der Waals surface area contributed by atoms with Crippen LogP contribution in [0.3, 0.4) is 0 Å². The Bertz CT molecular complexity index is 1050. The summed E-state index contributed by atoms with van der Waals surface area (Å²) in [5.74, 6) is 3.66. The molecule has 2 aromatic rings. The predicted octanol–water partition coefficient (Wildman–Crippen LogP) is 6.87. The second-order valence-electron chi connectivity index (χ2n) is 11.7. The summed E-state index contributed by atoms with van der Waals surface area (Å²) in [4.78, 5) is 11.8. The highest BCUT2D eigenvalue weighted by Gasteiger charge is 2.28. The molecule has 1 unspecified atom stereocenters. The summed E-state index contributed by atoms with van der Waals surface area (Å²) in [7, 11) is 2.21. The number of nitrogens with zero attached hydrogens (tertiary/aromatic N) is 3. The lowest BCUT2D eigenvalue weighted by Crippen LogP contribution is -2.37. The van der Waals surface area contributed by atoms with Crippen molar-refractivity contribution in [3.8, 4) is 5.75 Å². The molecule has 0 spiro atoms. The smallest absolute Gasteiger partial charge is 0.229 e. The first-order chi connectivity index (χ1) is 18.5. The van der Waals surface area contributed by atoms with E-state index >= 15 is 0 Å².